The quantitative estimate of drug-likeness (QED) is 0.549. The van der Waals surface area contributed by atoms with Crippen LogP contribution in [-0.2, 0) is 4.79 Å². The predicted molar refractivity (Wildman–Crippen MR) is 69.6 cm³/mol. The van der Waals surface area contributed by atoms with Crippen molar-refractivity contribution in [2.45, 2.75) is 40.5 Å². The molecular weight excluding hydrogens is 196 g/mol. The minimum atomic E-state index is 0.893. The average Bonchev–Trinajstić information content (AvgIpc) is 2.16. The smallest absolute Gasteiger partial charge is 0.143 e. The summed E-state index contributed by atoms with van der Waals surface area (Å²) in [4.78, 5) is 10.7. The Hall–Kier alpha value is -1.37. The minimum absolute atomic E-state index is 0.893. The second-order valence-corrected chi connectivity index (χ2v) is 4.35. The fourth-order valence-corrected chi connectivity index (χ4v) is 2.33. The second-order valence-electron chi connectivity index (χ2n) is 4.35. The maximum Gasteiger partial charge on any atom is 0.143 e. The summed E-state index contributed by atoms with van der Waals surface area (Å²) in [6.07, 6.45) is 4.62. The molecule has 0 aliphatic rings. The predicted octanol–water partition coefficient (Wildman–Crippen LogP) is 3.99. The first kappa shape index (κ1) is 12.7. The number of rotatable bonds is 4. The topological polar surface area (TPSA) is 17.1 Å². The van der Waals surface area contributed by atoms with E-state index in [1.54, 1.807) is 6.08 Å². The third-order valence-corrected chi connectivity index (χ3v) is 2.79. The van der Waals surface area contributed by atoms with Crippen molar-refractivity contribution in [1.29, 1.82) is 0 Å². The molecule has 0 aliphatic carbocycles. The van der Waals surface area contributed by atoms with Crippen LogP contribution in [0.5, 0.6) is 0 Å². The molecule has 0 N–H and O–H groups in total. The summed E-state index contributed by atoms with van der Waals surface area (Å²) < 4.78 is 0. The van der Waals surface area contributed by atoms with Gasteiger partial charge in [0, 0.05) is 0 Å². The van der Waals surface area contributed by atoms with Gasteiger partial charge in [-0.05, 0) is 55.5 Å². The number of carbonyl (C=O) groups excluding carboxylic acids is 1. The number of aldehydes is 1. The van der Waals surface area contributed by atoms with Gasteiger partial charge in [0.25, 0.3) is 0 Å². The van der Waals surface area contributed by atoms with Gasteiger partial charge in [-0.1, -0.05) is 31.0 Å². The van der Waals surface area contributed by atoms with Crippen molar-refractivity contribution in [3.63, 3.8) is 0 Å². The van der Waals surface area contributed by atoms with Crippen LogP contribution in [0, 0.1) is 20.8 Å². The highest BCUT2D eigenvalue weighted by atomic mass is 16.1. The van der Waals surface area contributed by atoms with Crippen LogP contribution in [0.2, 0.25) is 0 Å². The Kier molecular flexibility index (Phi) is 4.48. The fourth-order valence-electron chi connectivity index (χ4n) is 2.33. The molecule has 0 saturated carbocycles. The van der Waals surface area contributed by atoms with Crippen molar-refractivity contribution in [3.8, 4) is 0 Å². The molecule has 1 nitrogen and oxygen atoms in total. The van der Waals surface area contributed by atoms with Crippen LogP contribution in [0.25, 0.3) is 5.57 Å². The Morgan fingerprint density at radius 2 is 1.75 bits per heavy atom. The van der Waals surface area contributed by atoms with Crippen LogP contribution in [0.15, 0.2) is 18.2 Å². The van der Waals surface area contributed by atoms with Crippen LogP contribution in [-0.4, -0.2) is 6.29 Å². The van der Waals surface area contributed by atoms with E-state index in [1.165, 1.54) is 22.3 Å². The highest BCUT2D eigenvalue weighted by Gasteiger charge is 2.08. The molecule has 0 aliphatic heterocycles. The number of benzene rings is 1. The van der Waals surface area contributed by atoms with Crippen LogP contribution in [0.3, 0.4) is 0 Å². The first-order valence-corrected chi connectivity index (χ1v) is 5.82. The van der Waals surface area contributed by atoms with E-state index in [0.717, 1.165) is 24.7 Å². The molecule has 0 bridgehead atoms. The van der Waals surface area contributed by atoms with E-state index >= 15 is 0 Å². The van der Waals surface area contributed by atoms with Crippen LogP contribution < -0.4 is 0 Å². The summed E-state index contributed by atoms with van der Waals surface area (Å²) in [5.74, 6) is 0. The van der Waals surface area contributed by atoms with Crippen LogP contribution in [0.1, 0.15) is 42.0 Å². The van der Waals surface area contributed by atoms with Crippen molar-refractivity contribution < 1.29 is 4.79 Å². The van der Waals surface area contributed by atoms with Gasteiger partial charge in [0.15, 0.2) is 0 Å². The fraction of sp³-hybridized carbons (Fsp3) is 0.400. The van der Waals surface area contributed by atoms with E-state index in [0.29, 0.717) is 0 Å². The average molecular weight is 216 g/mol. The second kappa shape index (κ2) is 5.64. The molecule has 16 heavy (non-hydrogen) atoms. The van der Waals surface area contributed by atoms with Gasteiger partial charge in [0.2, 0.25) is 0 Å². The lowest BCUT2D eigenvalue weighted by atomic mass is 9.91. The lowest BCUT2D eigenvalue weighted by Gasteiger charge is -2.14. The Morgan fingerprint density at radius 1 is 1.19 bits per heavy atom. The largest absolute Gasteiger partial charge is 0.299 e. The summed E-state index contributed by atoms with van der Waals surface area (Å²) in [6.45, 7) is 8.47. The number of carbonyl (C=O) groups is 1. The zero-order valence-corrected chi connectivity index (χ0v) is 10.6. The normalized spacial score (nSPS) is 11.6. The third kappa shape index (κ3) is 2.82. The molecule has 0 fully saturated rings. The third-order valence-electron chi connectivity index (χ3n) is 2.79. The van der Waals surface area contributed by atoms with Gasteiger partial charge in [0.05, 0.1) is 0 Å². The van der Waals surface area contributed by atoms with Crippen molar-refractivity contribution in [2.24, 2.45) is 0 Å². The molecule has 86 valence electrons. The van der Waals surface area contributed by atoms with Gasteiger partial charge in [-0.3, -0.25) is 4.79 Å². The van der Waals surface area contributed by atoms with Crippen molar-refractivity contribution in [3.05, 3.63) is 40.5 Å². The van der Waals surface area contributed by atoms with Gasteiger partial charge < -0.3 is 0 Å². The molecule has 0 spiro atoms. The Morgan fingerprint density at radius 3 is 2.19 bits per heavy atom. The maximum absolute atomic E-state index is 10.7. The summed E-state index contributed by atoms with van der Waals surface area (Å²) in [5.41, 5.74) is 6.21. The van der Waals surface area contributed by atoms with Gasteiger partial charge in [-0.15, -0.1) is 0 Å². The number of aryl methyl sites for hydroxylation is 3. The Balaban J connectivity index is 3.29. The first-order valence-electron chi connectivity index (χ1n) is 5.82. The zero-order valence-electron chi connectivity index (χ0n) is 10.6. The SMILES string of the molecule is CCC/C(=C/C=O)c1c(C)cc(C)cc1C. The molecule has 0 unspecified atom stereocenters. The van der Waals surface area contributed by atoms with Crippen molar-refractivity contribution in [1.82, 2.24) is 0 Å². The number of allylic oxidation sites excluding steroid dienone is 2. The van der Waals surface area contributed by atoms with Crippen LogP contribution >= 0.6 is 0 Å². The van der Waals surface area contributed by atoms with E-state index in [4.69, 9.17) is 0 Å². The summed E-state index contributed by atoms with van der Waals surface area (Å²) in [7, 11) is 0. The molecule has 0 saturated heterocycles. The lowest BCUT2D eigenvalue weighted by molar-refractivity contribution is -0.104. The van der Waals surface area contributed by atoms with E-state index in [1.807, 2.05) is 0 Å². The van der Waals surface area contributed by atoms with Gasteiger partial charge >= 0.3 is 0 Å². The van der Waals surface area contributed by atoms with Gasteiger partial charge in [-0.25, -0.2) is 0 Å². The molecule has 0 radical (unpaired) electrons. The van der Waals surface area contributed by atoms with Crippen LogP contribution in [0.4, 0.5) is 0 Å². The molecule has 1 aromatic carbocycles. The highest BCUT2D eigenvalue weighted by Crippen LogP contribution is 2.27. The monoisotopic (exact) mass is 216 g/mol. The van der Waals surface area contributed by atoms with E-state index in [2.05, 4.69) is 39.8 Å². The van der Waals surface area contributed by atoms with Gasteiger partial charge in [-0.2, -0.15) is 0 Å². The molecule has 1 rings (SSSR count). The van der Waals surface area contributed by atoms with Crippen molar-refractivity contribution in [2.75, 3.05) is 0 Å². The first-order chi connectivity index (χ1) is 7.60. The molecule has 0 amide bonds. The molecular formula is C15H20O. The standard InChI is InChI=1S/C15H20O/c1-5-6-14(7-8-16)15-12(3)9-11(2)10-13(15)4/h7-10H,5-6H2,1-4H3/b14-7-. The number of hydrogen-bond donors (Lipinski definition) is 0. The summed E-state index contributed by atoms with van der Waals surface area (Å²) >= 11 is 0. The molecule has 1 heteroatoms. The Bertz CT molecular complexity index is 390. The number of hydrogen-bond acceptors (Lipinski definition) is 1. The summed E-state index contributed by atoms with van der Waals surface area (Å²) in [5, 5.41) is 0. The highest BCUT2D eigenvalue weighted by molar-refractivity contribution is 5.83. The molecule has 0 aromatic heterocycles. The minimum Gasteiger partial charge on any atom is -0.299 e. The molecule has 0 heterocycles. The van der Waals surface area contributed by atoms with E-state index in [-0.39, 0.29) is 0 Å². The van der Waals surface area contributed by atoms with Crippen molar-refractivity contribution >= 4 is 11.9 Å². The molecule has 0 atom stereocenters. The Labute approximate surface area is 98.2 Å². The lowest BCUT2D eigenvalue weighted by Crippen LogP contribution is -1.95. The van der Waals surface area contributed by atoms with E-state index < -0.39 is 0 Å². The summed E-state index contributed by atoms with van der Waals surface area (Å²) in [6, 6.07) is 4.35. The van der Waals surface area contributed by atoms with E-state index in [9.17, 15) is 4.79 Å². The maximum atomic E-state index is 10.7. The molecule has 1 aromatic rings. The van der Waals surface area contributed by atoms with Gasteiger partial charge in [0.1, 0.15) is 6.29 Å². The zero-order chi connectivity index (χ0) is 12.1.